The van der Waals surface area contributed by atoms with Crippen LogP contribution in [0.4, 0.5) is 4.79 Å². The Morgan fingerprint density at radius 1 is 1.00 bits per heavy atom. The van der Waals surface area contributed by atoms with Gasteiger partial charge in [-0.05, 0) is 137 Å². The minimum absolute atomic E-state index is 0.0720. The number of hydrogen-bond acceptors (Lipinski definition) is 4. The number of carbonyl (C=O) groups excluding carboxylic acids is 1. The second kappa shape index (κ2) is 9.19. The average Bonchev–Trinajstić information content (AvgIpc) is 3.52. The molecule has 1 aromatic heterocycles. The standard InChI is InChI=1S/C34H53N3O2/c1-23(2)24-11-15-34(21-39-29(38)37-20-19-35-22-37)17-16-32(6)25(28(24)34)9-10-27-31(5)13-8-18-36-30(3,4)26(31)12-14-33(27,32)7/h19-20,22,24-28,36H,1,8-18,21H2,2-7H3/t24-,25+,26-,27+,28+,31-,32+,33+,34+/m0/s1. The number of ether oxygens (including phenoxy) is 1. The fraction of sp³-hybridized carbons (Fsp3) is 0.824. The van der Waals surface area contributed by atoms with Gasteiger partial charge in [0.05, 0.1) is 6.61 Å². The summed E-state index contributed by atoms with van der Waals surface area (Å²) in [7, 11) is 0. The molecule has 0 spiro atoms. The number of rotatable bonds is 3. The summed E-state index contributed by atoms with van der Waals surface area (Å²) in [5.74, 6) is 3.28. The van der Waals surface area contributed by atoms with Crippen LogP contribution in [0.5, 0.6) is 0 Å². The number of nitrogens with zero attached hydrogens (tertiary/aromatic N) is 2. The van der Waals surface area contributed by atoms with Crippen molar-refractivity contribution in [3.05, 3.63) is 30.9 Å². The lowest BCUT2D eigenvalue weighted by Gasteiger charge is -2.71. The summed E-state index contributed by atoms with van der Waals surface area (Å²) >= 11 is 0. The Balaban J connectivity index is 1.33. The molecule has 2 heterocycles. The summed E-state index contributed by atoms with van der Waals surface area (Å²) in [6.07, 6.45) is 17.4. The molecule has 1 saturated heterocycles. The summed E-state index contributed by atoms with van der Waals surface area (Å²) in [5.41, 5.74) is 2.68. The van der Waals surface area contributed by atoms with Crippen LogP contribution in [0.25, 0.3) is 0 Å². The first kappa shape index (κ1) is 27.5. The third-order valence-corrected chi connectivity index (χ3v) is 14.0. The van der Waals surface area contributed by atoms with Crippen molar-refractivity contribution in [2.75, 3.05) is 13.2 Å². The Morgan fingerprint density at radius 2 is 1.79 bits per heavy atom. The number of allylic oxidation sites excluding steroid dienone is 1. The van der Waals surface area contributed by atoms with Gasteiger partial charge in [0.25, 0.3) is 0 Å². The van der Waals surface area contributed by atoms with Crippen molar-refractivity contribution in [1.29, 1.82) is 0 Å². The van der Waals surface area contributed by atoms with Crippen molar-refractivity contribution in [3.8, 4) is 0 Å². The summed E-state index contributed by atoms with van der Waals surface area (Å²) in [6.45, 7) is 21.5. The molecule has 1 aliphatic heterocycles. The molecular weight excluding hydrogens is 482 g/mol. The molecule has 0 unspecified atom stereocenters. The molecule has 5 nitrogen and oxygen atoms in total. The minimum Gasteiger partial charge on any atom is -0.448 e. The normalized spacial score (nSPS) is 46.7. The van der Waals surface area contributed by atoms with Gasteiger partial charge in [0.1, 0.15) is 6.33 Å². The molecule has 9 atom stereocenters. The largest absolute Gasteiger partial charge is 0.448 e. The molecule has 0 radical (unpaired) electrons. The third-order valence-electron chi connectivity index (χ3n) is 14.0. The molecule has 0 amide bonds. The van der Waals surface area contributed by atoms with E-state index in [-0.39, 0.29) is 17.0 Å². The zero-order valence-electron chi connectivity index (χ0n) is 25.5. The monoisotopic (exact) mass is 535 g/mol. The Morgan fingerprint density at radius 3 is 2.51 bits per heavy atom. The predicted octanol–water partition coefficient (Wildman–Crippen LogP) is 7.87. The molecule has 5 heteroatoms. The van der Waals surface area contributed by atoms with Crippen LogP contribution in [0, 0.1) is 51.2 Å². The van der Waals surface area contributed by atoms with Gasteiger partial charge < -0.3 is 10.1 Å². The maximum atomic E-state index is 12.9. The maximum absolute atomic E-state index is 12.9. The summed E-state index contributed by atoms with van der Waals surface area (Å²) in [5, 5.41) is 3.95. The van der Waals surface area contributed by atoms with E-state index in [2.05, 4.69) is 58.4 Å². The average molecular weight is 536 g/mol. The fourth-order valence-electron chi connectivity index (χ4n) is 12.1. The Kier molecular flexibility index (Phi) is 6.49. The molecule has 216 valence electrons. The molecule has 0 bridgehead atoms. The fourth-order valence-corrected chi connectivity index (χ4v) is 12.1. The van der Waals surface area contributed by atoms with Crippen molar-refractivity contribution in [2.24, 2.45) is 51.2 Å². The second-order valence-electron chi connectivity index (χ2n) is 15.8. The maximum Gasteiger partial charge on any atom is 0.419 e. The van der Waals surface area contributed by atoms with Crippen molar-refractivity contribution < 1.29 is 9.53 Å². The summed E-state index contributed by atoms with van der Waals surface area (Å²) in [6, 6.07) is 0. The van der Waals surface area contributed by atoms with Crippen LogP contribution < -0.4 is 5.32 Å². The van der Waals surface area contributed by atoms with Gasteiger partial charge >= 0.3 is 6.09 Å². The van der Waals surface area contributed by atoms with Gasteiger partial charge in [-0.3, -0.25) is 0 Å². The van der Waals surface area contributed by atoms with Crippen molar-refractivity contribution >= 4 is 6.09 Å². The lowest BCUT2D eigenvalue weighted by Crippen LogP contribution is -2.66. The van der Waals surface area contributed by atoms with E-state index in [1.54, 1.807) is 18.7 Å². The molecule has 5 fully saturated rings. The molecule has 4 aliphatic carbocycles. The smallest absolute Gasteiger partial charge is 0.419 e. The lowest BCUT2D eigenvalue weighted by atomic mass is 9.33. The van der Waals surface area contributed by atoms with Crippen LogP contribution in [-0.4, -0.2) is 34.3 Å². The Hall–Kier alpha value is -1.62. The van der Waals surface area contributed by atoms with Crippen molar-refractivity contribution in [3.63, 3.8) is 0 Å². The first-order valence-electron chi connectivity index (χ1n) is 15.9. The van der Waals surface area contributed by atoms with Crippen LogP contribution in [0.1, 0.15) is 106 Å². The minimum atomic E-state index is -0.292. The van der Waals surface area contributed by atoms with E-state index in [0.717, 1.165) is 24.8 Å². The highest BCUT2D eigenvalue weighted by Gasteiger charge is 2.70. The Labute approximate surface area is 236 Å². The van der Waals surface area contributed by atoms with Crippen LogP contribution in [0.3, 0.4) is 0 Å². The zero-order valence-corrected chi connectivity index (χ0v) is 25.5. The molecule has 0 aromatic carbocycles. The van der Waals surface area contributed by atoms with Crippen LogP contribution in [0.2, 0.25) is 0 Å². The predicted molar refractivity (Wildman–Crippen MR) is 156 cm³/mol. The first-order chi connectivity index (χ1) is 18.4. The van der Waals surface area contributed by atoms with Gasteiger partial charge in [-0.2, -0.15) is 0 Å². The van der Waals surface area contributed by atoms with E-state index < -0.39 is 0 Å². The SMILES string of the molecule is C=C(C)[C@@H]1CC[C@]2(COC(=O)n3ccnc3)CC[C@]3(C)[C@H](CC[C@@H]4[C@@]5(C)CCCNC(C)(C)[C@@H]5CC[C@]43C)[C@@H]12. The van der Waals surface area contributed by atoms with Crippen LogP contribution >= 0.6 is 0 Å². The number of nitrogens with one attached hydrogen (secondary N) is 1. The summed E-state index contributed by atoms with van der Waals surface area (Å²) < 4.78 is 7.54. The number of carbonyl (C=O) groups is 1. The van der Waals surface area contributed by atoms with Gasteiger partial charge in [0, 0.05) is 23.3 Å². The van der Waals surface area contributed by atoms with Gasteiger partial charge in [0.2, 0.25) is 0 Å². The first-order valence-corrected chi connectivity index (χ1v) is 15.9. The van der Waals surface area contributed by atoms with E-state index in [0.29, 0.717) is 40.6 Å². The van der Waals surface area contributed by atoms with E-state index in [9.17, 15) is 4.79 Å². The topological polar surface area (TPSA) is 56.2 Å². The molecule has 5 aliphatic rings. The van der Waals surface area contributed by atoms with E-state index in [4.69, 9.17) is 4.74 Å². The zero-order chi connectivity index (χ0) is 27.8. The third kappa shape index (κ3) is 3.87. The highest BCUT2D eigenvalue weighted by molar-refractivity contribution is 5.70. The number of imidazole rings is 1. The number of aromatic nitrogens is 2. The van der Waals surface area contributed by atoms with Gasteiger partial charge in [-0.25, -0.2) is 14.3 Å². The molecular formula is C34H53N3O2. The van der Waals surface area contributed by atoms with Gasteiger partial charge in [-0.1, -0.05) is 32.9 Å². The molecule has 39 heavy (non-hydrogen) atoms. The number of hydrogen-bond donors (Lipinski definition) is 1. The second-order valence-corrected chi connectivity index (χ2v) is 15.8. The van der Waals surface area contributed by atoms with Gasteiger partial charge in [0.15, 0.2) is 0 Å². The molecule has 4 saturated carbocycles. The van der Waals surface area contributed by atoms with Gasteiger partial charge in [-0.15, -0.1) is 0 Å². The highest BCUT2D eigenvalue weighted by Crippen LogP contribution is 2.76. The molecule has 6 rings (SSSR count). The van der Waals surface area contributed by atoms with Crippen molar-refractivity contribution in [1.82, 2.24) is 14.9 Å². The number of fused-ring (bicyclic) bond motifs is 7. The van der Waals surface area contributed by atoms with Crippen molar-refractivity contribution in [2.45, 2.75) is 111 Å². The van der Waals surface area contributed by atoms with E-state index >= 15 is 0 Å². The van der Waals surface area contributed by atoms with E-state index in [1.807, 2.05) is 0 Å². The molecule has 1 aromatic rings. The highest BCUT2D eigenvalue weighted by atomic mass is 16.5. The summed E-state index contributed by atoms with van der Waals surface area (Å²) in [4.78, 5) is 16.9. The lowest BCUT2D eigenvalue weighted by molar-refractivity contribution is -0.226. The quantitative estimate of drug-likeness (QED) is 0.400. The molecule has 1 N–H and O–H groups in total. The van der Waals surface area contributed by atoms with Crippen LogP contribution in [-0.2, 0) is 4.74 Å². The van der Waals surface area contributed by atoms with E-state index in [1.165, 1.54) is 67.9 Å². The Bertz CT molecular complexity index is 1110. The van der Waals surface area contributed by atoms with Crippen LogP contribution in [0.15, 0.2) is 30.9 Å².